The fourth-order valence-electron chi connectivity index (χ4n) is 3.28. The summed E-state index contributed by atoms with van der Waals surface area (Å²) in [5, 5.41) is 2.72. The molecule has 0 unspecified atom stereocenters. The third kappa shape index (κ3) is 5.28. The van der Waals surface area contributed by atoms with Gasteiger partial charge in [-0.1, -0.05) is 18.2 Å². The van der Waals surface area contributed by atoms with Gasteiger partial charge in [0.2, 0.25) is 6.79 Å². The van der Waals surface area contributed by atoms with Gasteiger partial charge in [-0.2, -0.15) is 0 Å². The SMILES string of the molecule is O=C(COC(=O)c1ccc(CN2CCOCC2)cc1)NCc1ccc2c(c1)OCO2. The van der Waals surface area contributed by atoms with Gasteiger partial charge in [0.1, 0.15) is 0 Å². The van der Waals surface area contributed by atoms with Crippen molar-refractivity contribution in [3.63, 3.8) is 0 Å². The van der Waals surface area contributed by atoms with Crippen LogP contribution in [0.4, 0.5) is 0 Å². The number of amides is 1. The topological polar surface area (TPSA) is 86.3 Å². The molecule has 8 nitrogen and oxygen atoms in total. The van der Waals surface area contributed by atoms with Crippen molar-refractivity contribution in [1.29, 1.82) is 0 Å². The molecule has 0 atom stereocenters. The number of hydrogen-bond acceptors (Lipinski definition) is 7. The molecule has 0 radical (unpaired) electrons. The summed E-state index contributed by atoms with van der Waals surface area (Å²) in [5.74, 6) is 0.455. The lowest BCUT2D eigenvalue weighted by molar-refractivity contribution is -0.124. The lowest BCUT2D eigenvalue weighted by Gasteiger charge is -2.26. The molecule has 2 aliphatic rings. The number of carbonyl (C=O) groups is 2. The maximum absolute atomic E-state index is 12.2. The van der Waals surface area contributed by atoms with Crippen LogP contribution in [0, 0.1) is 0 Å². The number of rotatable bonds is 7. The molecule has 1 fully saturated rings. The van der Waals surface area contributed by atoms with Crippen LogP contribution in [0.3, 0.4) is 0 Å². The zero-order valence-electron chi connectivity index (χ0n) is 16.6. The zero-order chi connectivity index (χ0) is 20.8. The Morgan fingerprint density at radius 3 is 2.50 bits per heavy atom. The highest BCUT2D eigenvalue weighted by molar-refractivity contribution is 5.91. The second-order valence-corrected chi connectivity index (χ2v) is 7.13. The van der Waals surface area contributed by atoms with E-state index in [2.05, 4.69) is 10.2 Å². The number of hydrogen-bond donors (Lipinski definition) is 1. The zero-order valence-corrected chi connectivity index (χ0v) is 16.6. The minimum absolute atomic E-state index is 0.204. The number of nitrogens with zero attached hydrogens (tertiary/aromatic N) is 1. The van der Waals surface area contributed by atoms with Crippen molar-refractivity contribution in [2.75, 3.05) is 39.7 Å². The summed E-state index contributed by atoms with van der Waals surface area (Å²) in [4.78, 5) is 26.5. The van der Waals surface area contributed by atoms with E-state index in [-0.39, 0.29) is 19.3 Å². The lowest BCUT2D eigenvalue weighted by Crippen LogP contribution is -2.35. The quantitative estimate of drug-likeness (QED) is 0.693. The molecule has 2 aromatic carbocycles. The third-order valence-electron chi connectivity index (χ3n) is 4.96. The first-order valence-corrected chi connectivity index (χ1v) is 9.89. The molecular weight excluding hydrogens is 388 g/mol. The Kier molecular flexibility index (Phi) is 6.46. The molecule has 0 aliphatic carbocycles. The molecule has 0 aromatic heterocycles. The van der Waals surface area contributed by atoms with Crippen molar-refractivity contribution < 1.29 is 28.5 Å². The van der Waals surface area contributed by atoms with Crippen molar-refractivity contribution in [1.82, 2.24) is 10.2 Å². The maximum Gasteiger partial charge on any atom is 0.338 e. The van der Waals surface area contributed by atoms with Crippen LogP contribution in [0.2, 0.25) is 0 Å². The van der Waals surface area contributed by atoms with Crippen LogP contribution in [0.25, 0.3) is 0 Å². The van der Waals surface area contributed by atoms with E-state index in [1.165, 1.54) is 0 Å². The Hall–Kier alpha value is -3.10. The Morgan fingerprint density at radius 1 is 0.967 bits per heavy atom. The summed E-state index contributed by atoms with van der Waals surface area (Å²) in [6.07, 6.45) is 0. The monoisotopic (exact) mass is 412 g/mol. The first kappa shape index (κ1) is 20.2. The number of esters is 1. The predicted octanol–water partition coefficient (Wildman–Crippen LogP) is 1.72. The Bertz CT molecular complexity index is 893. The van der Waals surface area contributed by atoms with Gasteiger partial charge in [0.25, 0.3) is 5.91 Å². The molecule has 2 aromatic rings. The average Bonchev–Trinajstić information content (AvgIpc) is 3.25. The molecule has 1 N–H and O–H groups in total. The van der Waals surface area contributed by atoms with E-state index in [4.69, 9.17) is 18.9 Å². The standard InChI is InChI=1S/C22H24N2O6/c25-21(23-12-17-3-6-19-20(11-17)30-15-29-19)14-28-22(26)18-4-1-16(2-5-18)13-24-7-9-27-10-8-24/h1-6,11H,7-10,12-15H2,(H,23,25). The van der Waals surface area contributed by atoms with E-state index in [0.717, 1.165) is 44.0 Å². The van der Waals surface area contributed by atoms with Crippen molar-refractivity contribution in [3.8, 4) is 11.5 Å². The predicted molar refractivity (Wildman–Crippen MR) is 107 cm³/mol. The van der Waals surface area contributed by atoms with Gasteiger partial charge in [-0.15, -0.1) is 0 Å². The van der Waals surface area contributed by atoms with E-state index in [9.17, 15) is 9.59 Å². The van der Waals surface area contributed by atoms with E-state index < -0.39 is 5.97 Å². The van der Waals surface area contributed by atoms with Crippen molar-refractivity contribution in [2.24, 2.45) is 0 Å². The molecule has 0 bridgehead atoms. The van der Waals surface area contributed by atoms with Crippen LogP contribution in [0.15, 0.2) is 42.5 Å². The molecule has 1 saturated heterocycles. The van der Waals surface area contributed by atoms with Gasteiger partial charge < -0.3 is 24.3 Å². The number of nitrogens with one attached hydrogen (secondary N) is 1. The van der Waals surface area contributed by atoms with Crippen molar-refractivity contribution in [2.45, 2.75) is 13.1 Å². The minimum Gasteiger partial charge on any atom is -0.454 e. The first-order chi connectivity index (χ1) is 14.7. The van der Waals surface area contributed by atoms with Crippen LogP contribution < -0.4 is 14.8 Å². The number of fused-ring (bicyclic) bond motifs is 1. The molecule has 0 saturated carbocycles. The molecular formula is C22H24N2O6. The fraction of sp³-hybridized carbons (Fsp3) is 0.364. The normalized spacial score (nSPS) is 15.6. The fourth-order valence-corrected chi connectivity index (χ4v) is 3.28. The number of ether oxygens (including phenoxy) is 4. The Labute approximate surface area is 174 Å². The van der Waals surface area contributed by atoms with Gasteiger partial charge in [-0.05, 0) is 35.4 Å². The lowest BCUT2D eigenvalue weighted by atomic mass is 10.1. The molecule has 4 rings (SSSR count). The van der Waals surface area contributed by atoms with Crippen LogP contribution in [0.5, 0.6) is 11.5 Å². The second kappa shape index (κ2) is 9.60. The summed E-state index contributed by atoms with van der Waals surface area (Å²) >= 11 is 0. The largest absolute Gasteiger partial charge is 0.454 e. The summed E-state index contributed by atoms with van der Waals surface area (Å²) in [5.41, 5.74) is 2.41. The molecule has 30 heavy (non-hydrogen) atoms. The highest BCUT2D eigenvalue weighted by Crippen LogP contribution is 2.32. The van der Waals surface area contributed by atoms with Crippen LogP contribution >= 0.6 is 0 Å². The summed E-state index contributed by atoms with van der Waals surface area (Å²) in [6.45, 7) is 4.32. The first-order valence-electron chi connectivity index (χ1n) is 9.89. The van der Waals surface area contributed by atoms with E-state index in [1.807, 2.05) is 24.3 Å². The number of carbonyl (C=O) groups excluding carboxylic acids is 2. The van der Waals surface area contributed by atoms with Gasteiger partial charge in [-0.3, -0.25) is 9.69 Å². The smallest absolute Gasteiger partial charge is 0.338 e. The highest BCUT2D eigenvalue weighted by Gasteiger charge is 2.15. The Balaban J connectivity index is 1.20. The van der Waals surface area contributed by atoms with Crippen molar-refractivity contribution in [3.05, 3.63) is 59.2 Å². The maximum atomic E-state index is 12.2. The highest BCUT2D eigenvalue weighted by atomic mass is 16.7. The molecule has 8 heteroatoms. The molecule has 0 spiro atoms. The van der Waals surface area contributed by atoms with Gasteiger partial charge in [0, 0.05) is 26.2 Å². The molecule has 1 amide bonds. The second-order valence-electron chi connectivity index (χ2n) is 7.13. The van der Waals surface area contributed by atoms with E-state index in [0.29, 0.717) is 23.6 Å². The van der Waals surface area contributed by atoms with Gasteiger partial charge in [0.05, 0.1) is 18.8 Å². The molecule has 2 aliphatic heterocycles. The minimum atomic E-state index is -0.522. The summed E-state index contributed by atoms with van der Waals surface area (Å²) in [7, 11) is 0. The average molecular weight is 412 g/mol. The van der Waals surface area contributed by atoms with Crippen molar-refractivity contribution >= 4 is 11.9 Å². The van der Waals surface area contributed by atoms with Gasteiger partial charge in [0.15, 0.2) is 18.1 Å². The number of benzene rings is 2. The van der Waals surface area contributed by atoms with Crippen LogP contribution in [-0.4, -0.2) is 56.5 Å². The number of morpholine rings is 1. The third-order valence-corrected chi connectivity index (χ3v) is 4.96. The summed E-state index contributed by atoms with van der Waals surface area (Å²) < 4.78 is 21.0. The van der Waals surface area contributed by atoms with E-state index in [1.54, 1.807) is 18.2 Å². The van der Waals surface area contributed by atoms with Gasteiger partial charge in [-0.25, -0.2) is 4.79 Å². The van der Waals surface area contributed by atoms with Gasteiger partial charge >= 0.3 is 5.97 Å². The van der Waals surface area contributed by atoms with Crippen LogP contribution in [0.1, 0.15) is 21.5 Å². The van der Waals surface area contributed by atoms with Crippen LogP contribution in [-0.2, 0) is 27.4 Å². The Morgan fingerprint density at radius 2 is 1.70 bits per heavy atom. The summed E-state index contributed by atoms with van der Waals surface area (Å²) in [6, 6.07) is 12.7. The molecule has 158 valence electrons. The van der Waals surface area contributed by atoms with E-state index >= 15 is 0 Å². The molecule has 2 heterocycles.